The minimum atomic E-state index is -0.573. The molecule has 1 fully saturated rings. The minimum absolute atomic E-state index is 0.104. The Morgan fingerprint density at radius 2 is 2.33 bits per heavy atom. The van der Waals surface area contributed by atoms with Crippen molar-refractivity contribution in [2.45, 2.75) is 18.9 Å². The number of hydrogen-bond acceptors (Lipinski definition) is 4. The number of anilines is 2. The molecule has 0 amide bonds. The van der Waals surface area contributed by atoms with Crippen LogP contribution in [0.2, 0.25) is 0 Å². The summed E-state index contributed by atoms with van der Waals surface area (Å²) in [7, 11) is 0. The van der Waals surface area contributed by atoms with Crippen molar-refractivity contribution < 1.29 is 4.39 Å². The largest absolute Gasteiger partial charge is 0.381 e. The van der Waals surface area contributed by atoms with Crippen molar-refractivity contribution in [3.63, 3.8) is 0 Å². The molecule has 64 valence electrons. The smallest absolute Gasteiger partial charge is 0.225 e. The van der Waals surface area contributed by atoms with Gasteiger partial charge in [0.15, 0.2) is 11.6 Å². The van der Waals surface area contributed by atoms with Crippen LogP contribution in [0.1, 0.15) is 12.8 Å². The van der Waals surface area contributed by atoms with E-state index in [-0.39, 0.29) is 5.82 Å². The third-order valence-corrected chi connectivity index (χ3v) is 1.68. The molecule has 2 rings (SSSR count). The molecule has 0 aliphatic heterocycles. The van der Waals surface area contributed by atoms with E-state index in [1.165, 1.54) is 0 Å². The van der Waals surface area contributed by atoms with Crippen molar-refractivity contribution in [1.82, 2.24) is 9.97 Å². The number of hydrogen-bond donors (Lipinski definition) is 2. The molecular weight excluding hydrogens is 159 g/mol. The van der Waals surface area contributed by atoms with E-state index < -0.39 is 5.82 Å². The van der Waals surface area contributed by atoms with Gasteiger partial charge >= 0.3 is 0 Å². The van der Waals surface area contributed by atoms with Crippen LogP contribution in [0, 0.1) is 5.82 Å². The Hall–Kier alpha value is -1.39. The summed E-state index contributed by atoms with van der Waals surface area (Å²) in [6.07, 6.45) is 3.33. The first kappa shape index (κ1) is 7.27. The molecule has 1 aliphatic carbocycles. The van der Waals surface area contributed by atoms with Crippen molar-refractivity contribution in [1.29, 1.82) is 0 Å². The quantitative estimate of drug-likeness (QED) is 0.684. The highest BCUT2D eigenvalue weighted by Gasteiger charge is 2.21. The van der Waals surface area contributed by atoms with Crippen LogP contribution in [-0.2, 0) is 0 Å². The molecule has 0 aromatic carbocycles. The Labute approximate surface area is 69.0 Å². The number of aromatic nitrogens is 2. The molecule has 3 N–H and O–H groups in total. The van der Waals surface area contributed by atoms with Gasteiger partial charge in [0.05, 0.1) is 6.20 Å². The van der Waals surface area contributed by atoms with E-state index in [0.29, 0.717) is 12.0 Å². The minimum Gasteiger partial charge on any atom is -0.381 e. The zero-order chi connectivity index (χ0) is 8.55. The van der Waals surface area contributed by atoms with Gasteiger partial charge in [-0.1, -0.05) is 0 Å². The SMILES string of the molecule is Nc1nc(NC2CC2)ncc1F. The van der Waals surface area contributed by atoms with Crippen LogP contribution in [-0.4, -0.2) is 16.0 Å². The fourth-order valence-electron chi connectivity index (χ4n) is 0.860. The summed E-state index contributed by atoms with van der Waals surface area (Å²) in [5, 5.41) is 3.01. The maximum atomic E-state index is 12.6. The monoisotopic (exact) mass is 168 g/mol. The van der Waals surface area contributed by atoms with Crippen LogP contribution in [0.25, 0.3) is 0 Å². The van der Waals surface area contributed by atoms with Crippen LogP contribution in [0.4, 0.5) is 16.2 Å². The number of nitrogen functional groups attached to an aromatic ring is 1. The molecule has 1 saturated carbocycles. The van der Waals surface area contributed by atoms with Crippen LogP contribution < -0.4 is 11.1 Å². The van der Waals surface area contributed by atoms with Gasteiger partial charge in [0.25, 0.3) is 0 Å². The molecule has 0 saturated heterocycles. The van der Waals surface area contributed by atoms with Gasteiger partial charge < -0.3 is 11.1 Å². The molecule has 4 nitrogen and oxygen atoms in total. The number of nitrogens with two attached hydrogens (primary N) is 1. The fraction of sp³-hybridized carbons (Fsp3) is 0.429. The van der Waals surface area contributed by atoms with E-state index in [1.54, 1.807) is 0 Å². The molecule has 1 aromatic heterocycles. The Morgan fingerprint density at radius 3 is 2.92 bits per heavy atom. The van der Waals surface area contributed by atoms with Gasteiger partial charge in [-0.05, 0) is 12.8 Å². The van der Waals surface area contributed by atoms with Gasteiger partial charge in [-0.25, -0.2) is 9.37 Å². The standard InChI is InChI=1S/C7H9FN4/c8-5-3-10-7(12-6(5)9)11-4-1-2-4/h3-4H,1-2H2,(H3,9,10,11,12). The molecule has 1 heterocycles. The van der Waals surface area contributed by atoms with E-state index in [2.05, 4.69) is 15.3 Å². The van der Waals surface area contributed by atoms with E-state index in [0.717, 1.165) is 19.0 Å². The second-order valence-electron chi connectivity index (χ2n) is 2.85. The topological polar surface area (TPSA) is 63.8 Å². The predicted molar refractivity (Wildman–Crippen MR) is 43.0 cm³/mol. The zero-order valence-corrected chi connectivity index (χ0v) is 6.42. The number of nitrogens with one attached hydrogen (secondary N) is 1. The summed E-state index contributed by atoms with van der Waals surface area (Å²) in [6.45, 7) is 0. The van der Waals surface area contributed by atoms with Gasteiger partial charge in [-0.15, -0.1) is 0 Å². The van der Waals surface area contributed by atoms with E-state index in [4.69, 9.17) is 5.73 Å². The lowest BCUT2D eigenvalue weighted by molar-refractivity contribution is 0.620. The molecule has 1 aliphatic rings. The number of rotatable bonds is 2. The van der Waals surface area contributed by atoms with E-state index in [1.807, 2.05) is 0 Å². The summed E-state index contributed by atoms with van der Waals surface area (Å²) < 4.78 is 12.6. The third kappa shape index (κ3) is 1.44. The first-order chi connectivity index (χ1) is 5.75. The van der Waals surface area contributed by atoms with Crippen molar-refractivity contribution in [3.05, 3.63) is 12.0 Å². The molecule has 0 atom stereocenters. The maximum Gasteiger partial charge on any atom is 0.225 e. The van der Waals surface area contributed by atoms with Crippen LogP contribution in [0.15, 0.2) is 6.20 Å². The molecule has 12 heavy (non-hydrogen) atoms. The lowest BCUT2D eigenvalue weighted by Gasteiger charge is -2.02. The lowest BCUT2D eigenvalue weighted by Crippen LogP contribution is -2.07. The second kappa shape index (κ2) is 2.58. The zero-order valence-electron chi connectivity index (χ0n) is 6.42. The molecule has 0 unspecified atom stereocenters. The maximum absolute atomic E-state index is 12.6. The Balaban J connectivity index is 2.15. The molecular formula is C7H9FN4. The van der Waals surface area contributed by atoms with Crippen molar-refractivity contribution in [2.75, 3.05) is 11.1 Å². The van der Waals surface area contributed by atoms with Gasteiger partial charge in [0.2, 0.25) is 5.95 Å². The van der Waals surface area contributed by atoms with Gasteiger partial charge in [0.1, 0.15) is 0 Å². The summed E-state index contributed by atoms with van der Waals surface area (Å²) >= 11 is 0. The summed E-state index contributed by atoms with van der Waals surface area (Å²) in [6, 6.07) is 0.454. The fourth-order valence-corrected chi connectivity index (χ4v) is 0.860. The van der Waals surface area contributed by atoms with Crippen LogP contribution in [0.3, 0.4) is 0 Å². The van der Waals surface area contributed by atoms with Gasteiger partial charge in [-0.2, -0.15) is 4.98 Å². The molecule has 0 spiro atoms. The van der Waals surface area contributed by atoms with Crippen molar-refractivity contribution in [3.8, 4) is 0 Å². The molecule has 5 heteroatoms. The predicted octanol–water partition coefficient (Wildman–Crippen LogP) is 0.772. The van der Waals surface area contributed by atoms with Gasteiger partial charge in [0, 0.05) is 6.04 Å². The number of halogens is 1. The van der Waals surface area contributed by atoms with Crippen molar-refractivity contribution in [2.24, 2.45) is 0 Å². The Bertz CT molecular complexity index is 297. The third-order valence-electron chi connectivity index (χ3n) is 1.68. The van der Waals surface area contributed by atoms with Crippen molar-refractivity contribution >= 4 is 11.8 Å². The average Bonchev–Trinajstić information content (AvgIpc) is 2.81. The second-order valence-corrected chi connectivity index (χ2v) is 2.85. The van der Waals surface area contributed by atoms with E-state index >= 15 is 0 Å². The van der Waals surface area contributed by atoms with Crippen LogP contribution in [0.5, 0.6) is 0 Å². The average molecular weight is 168 g/mol. The van der Waals surface area contributed by atoms with Crippen LogP contribution >= 0.6 is 0 Å². The Morgan fingerprint density at radius 1 is 1.58 bits per heavy atom. The molecule has 0 radical (unpaired) electrons. The number of nitrogens with zero attached hydrogens (tertiary/aromatic N) is 2. The normalized spacial score (nSPS) is 16.1. The summed E-state index contributed by atoms with van der Waals surface area (Å²) in [4.78, 5) is 7.48. The van der Waals surface area contributed by atoms with Gasteiger partial charge in [-0.3, -0.25) is 0 Å². The summed E-state index contributed by atoms with van der Waals surface area (Å²) in [5.41, 5.74) is 5.25. The molecule has 0 bridgehead atoms. The lowest BCUT2D eigenvalue weighted by atomic mass is 10.5. The highest BCUT2D eigenvalue weighted by atomic mass is 19.1. The first-order valence-electron chi connectivity index (χ1n) is 3.80. The first-order valence-corrected chi connectivity index (χ1v) is 3.80. The highest BCUT2D eigenvalue weighted by Crippen LogP contribution is 2.23. The highest BCUT2D eigenvalue weighted by molar-refractivity contribution is 5.37. The Kier molecular flexibility index (Phi) is 1.56. The summed E-state index contributed by atoms with van der Waals surface area (Å²) in [5.74, 6) is -0.263. The molecule has 1 aromatic rings. The van der Waals surface area contributed by atoms with E-state index in [9.17, 15) is 4.39 Å².